The minimum Gasteiger partial charge on any atom is -0.494 e. The van der Waals surface area contributed by atoms with E-state index in [0.717, 1.165) is 28.8 Å². The molecular formula is C27H30N4O4S. The zero-order chi connectivity index (χ0) is 25.7. The topological polar surface area (TPSA) is 84.9 Å². The fourth-order valence-electron chi connectivity index (χ4n) is 3.89. The van der Waals surface area contributed by atoms with E-state index < -0.39 is 17.7 Å². The number of rotatable bonds is 10. The van der Waals surface area contributed by atoms with Crippen molar-refractivity contribution in [3.63, 3.8) is 0 Å². The quantitative estimate of drug-likeness (QED) is 0.205. The number of carbonyl (C=O) groups is 2. The number of nitrogens with zero attached hydrogens (tertiary/aromatic N) is 4. The number of fused-ring (bicyclic) bond motifs is 1. The number of aromatic nitrogens is 2. The summed E-state index contributed by atoms with van der Waals surface area (Å²) in [6.45, 7) is 6.50. The Morgan fingerprint density at radius 3 is 2.83 bits per heavy atom. The first-order chi connectivity index (χ1) is 17.3. The van der Waals surface area contributed by atoms with Gasteiger partial charge in [-0.15, -0.1) is 6.42 Å². The molecule has 1 unspecified atom stereocenters. The molecule has 8 nitrogen and oxygen atoms in total. The highest BCUT2D eigenvalue weighted by molar-refractivity contribution is 7.22. The smallest absolute Gasteiger partial charge is 0.341 e. The van der Waals surface area contributed by atoms with E-state index in [1.54, 1.807) is 32.2 Å². The number of carbonyl (C=O) groups excluding carboxylic acids is 2. The van der Waals surface area contributed by atoms with Crippen LogP contribution in [0.4, 0.5) is 9.93 Å². The highest BCUT2D eigenvalue weighted by Gasteiger charge is 2.47. The molecule has 0 radical (unpaired) electrons. The Kier molecular flexibility index (Phi) is 7.75. The monoisotopic (exact) mass is 506 g/mol. The van der Waals surface area contributed by atoms with Crippen LogP contribution in [0.1, 0.15) is 56.8 Å². The molecule has 1 atom stereocenters. The summed E-state index contributed by atoms with van der Waals surface area (Å²) in [5, 5.41) is 0.425. The van der Waals surface area contributed by atoms with E-state index in [2.05, 4.69) is 22.8 Å². The molecule has 3 aromatic rings. The molecule has 2 amide bonds. The maximum atomic E-state index is 13.5. The molecule has 0 saturated carbocycles. The summed E-state index contributed by atoms with van der Waals surface area (Å²) in [5.41, 5.74) is 0.151. The van der Waals surface area contributed by atoms with Gasteiger partial charge in [0.2, 0.25) is 6.23 Å². The average Bonchev–Trinajstić information content (AvgIpc) is 3.44. The maximum absolute atomic E-state index is 13.5. The third-order valence-electron chi connectivity index (χ3n) is 6.05. The van der Waals surface area contributed by atoms with Gasteiger partial charge in [-0.05, 0) is 50.6 Å². The molecule has 3 heterocycles. The van der Waals surface area contributed by atoms with Crippen LogP contribution in [-0.4, -0.2) is 51.8 Å². The van der Waals surface area contributed by atoms with Gasteiger partial charge in [0, 0.05) is 12.4 Å². The van der Waals surface area contributed by atoms with E-state index in [1.807, 2.05) is 18.2 Å². The number of pyridine rings is 1. The Bertz CT molecular complexity index is 1270. The van der Waals surface area contributed by atoms with Crippen molar-refractivity contribution in [2.24, 2.45) is 0 Å². The first kappa shape index (κ1) is 25.5. The molecule has 0 bridgehead atoms. The van der Waals surface area contributed by atoms with Gasteiger partial charge in [-0.25, -0.2) is 19.5 Å². The molecule has 9 heteroatoms. The van der Waals surface area contributed by atoms with Crippen molar-refractivity contribution >= 4 is 38.7 Å². The lowest BCUT2D eigenvalue weighted by atomic mass is 10.1. The lowest BCUT2D eigenvalue weighted by molar-refractivity contribution is 0.0307. The molecule has 4 rings (SSSR count). The van der Waals surface area contributed by atoms with Gasteiger partial charge in [0.1, 0.15) is 11.3 Å². The summed E-state index contributed by atoms with van der Waals surface area (Å²) >= 11 is 1.34. The second kappa shape index (κ2) is 11.0. The SMILES string of the molecule is C#CC(C)(C)N1CC(OC(=O)c2cccnc2)N(c2nc3ccc(OCCCCCC)cc3s2)C1=O. The van der Waals surface area contributed by atoms with Gasteiger partial charge >= 0.3 is 12.0 Å². The predicted octanol–water partition coefficient (Wildman–Crippen LogP) is 5.49. The summed E-state index contributed by atoms with van der Waals surface area (Å²) in [4.78, 5) is 37.9. The van der Waals surface area contributed by atoms with Gasteiger partial charge in [0.05, 0.1) is 28.9 Å². The number of unbranched alkanes of at least 4 members (excludes halogenated alkanes) is 3. The number of urea groups is 1. The molecule has 0 aliphatic carbocycles. The van der Waals surface area contributed by atoms with Crippen molar-refractivity contribution in [3.8, 4) is 18.1 Å². The van der Waals surface area contributed by atoms with Crippen LogP contribution in [0.5, 0.6) is 5.75 Å². The van der Waals surface area contributed by atoms with Crippen molar-refractivity contribution < 1.29 is 19.1 Å². The Balaban J connectivity index is 1.59. The number of amides is 2. The number of ether oxygens (including phenoxy) is 2. The number of hydrogen-bond donors (Lipinski definition) is 0. The van der Waals surface area contributed by atoms with Crippen LogP contribution in [0, 0.1) is 12.3 Å². The Hall–Kier alpha value is -3.64. The summed E-state index contributed by atoms with van der Waals surface area (Å²) < 4.78 is 12.5. The molecule has 1 aliphatic rings. The number of terminal acetylenes is 1. The molecule has 1 aliphatic heterocycles. The highest BCUT2D eigenvalue weighted by Crippen LogP contribution is 2.37. The van der Waals surface area contributed by atoms with Crippen molar-refractivity contribution in [1.82, 2.24) is 14.9 Å². The Morgan fingerprint density at radius 1 is 1.28 bits per heavy atom. The fraction of sp³-hybridized carbons (Fsp3) is 0.407. The molecule has 0 spiro atoms. The van der Waals surface area contributed by atoms with Gasteiger partial charge in [0.15, 0.2) is 5.13 Å². The van der Waals surface area contributed by atoms with E-state index in [9.17, 15) is 9.59 Å². The lowest BCUT2D eigenvalue weighted by Gasteiger charge is -2.29. The van der Waals surface area contributed by atoms with Crippen LogP contribution in [0.25, 0.3) is 10.2 Å². The van der Waals surface area contributed by atoms with Crippen molar-refractivity contribution in [2.75, 3.05) is 18.1 Å². The van der Waals surface area contributed by atoms with Crippen molar-refractivity contribution in [2.45, 2.75) is 58.2 Å². The molecule has 1 saturated heterocycles. The molecule has 36 heavy (non-hydrogen) atoms. The molecule has 1 aromatic carbocycles. The second-order valence-corrected chi connectivity index (χ2v) is 10.1. The van der Waals surface area contributed by atoms with Crippen LogP contribution in [0.3, 0.4) is 0 Å². The van der Waals surface area contributed by atoms with Crippen LogP contribution >= 0.6 is 11.3 Å². The van der Waals surface area contributed by atoms with Gasteiger partial charge in [-0.1, -0.05) is 43.4 Å². The third-order valence-corrected chi connectivity index (χ3v) is 7.07. The minimum atomic E-state index is -0.896. The summed E-state index contributed by atoms with van der Waals surface area (Å²) in [6, 6.07) is 8.58. The standard InChI is InChI=1S/C27H30N4O4S/c1-5-7-8-9-15-34-20-12-13-21-22(16-20)36-25(29-21)31-23(18-30(26(31)33)27(3,4)6-2)35-24(32)19-11-10-14-28-17-19/h2,10-14,16-17,23H,5,7-9,15,18H2,1,3-4H3. The summed E-state index contributed by atoms with van der Waals surface area (Å²) in [5.74, 6) is 2.83. The largest absolute Gasteiger partial charge is 0.494 e. The zero-order valence-corrected chi connectivity index (χ0v) is 21.6. The minimum absolute atomic E-state index is 0.115. The van der Waals surface area contributed by atoms with Gasteiger partial charge < -0.3 is 14.4 Å². The number of anilines is 1. The fourth-order valence-corrected chi connectivity index (χ4v) is 4.92. The third kappa shape index (κ3) is 5.44. The molecule has 2 aromatic heterocycles. The first-order valence-electron chi connectivity index (χ1n) is 12.1. The van der Waals surface area contributed by atoms with E-state index >= 15 is 0 Å². The summed E-state index contributed by atoms with van der Waals surface area (Å²) in [7, 11) is 0. The average molecular weight is 507 g/mol. The van der Waals surface area contributed by atoms with E-state index in [1.165, 1.54) is 40.2 Å². The lowest BCUT2D eigenvalue weighted by Crippen LogP contribution is -2.45. The molecular weight excluding hydrogens is 476 g/mol. The van der Waals surface area contributed by atoms with Gasteiger partial charge in [-0.3, -0.25) is 4.98 Å². The predicted molar refractivity (Wildman–Crippen MR) is 140 cm³/mol. The normalized spacial score (nSPS) is 15.8. The molecule has 188 valence electrons. The summed E-state index contributed by atoms with van der Waals surface area (Å²) in [6.07, 6.45) is 12.3. The van der Waals surface area contributed by atoms with Crippen LogP contribution < -0.4 is 9.64 Å². The van der Waals surface area contributed by atoms with Crippen LogP contribution in [0.15, 0.2) is 42.7 Å². The highest BCUT2D eigenvalue weighted by atomic mass is 32.1. The second-order valence-electron chi connectivity index (χ2n) is 9.10. The van der Waals surface area contributed by atoms with Crippen molar-refractivity contribution in [1.29, 1.82) is 0 Å². The molecule has 1 fully saturated rings. The zero-order valence-electron chi connectivity index (χ0n) is 20.8. The van der Waals surface area contributed by atoms with Crippen LogP contribution in [0.2, 0.25) is 0 Å². The molecule has 0 N–H and O–H groups in total. The van der Waals surface area contributed by atoms with Gasteiger partial charge in [-0.2, -0.15) is 0 Å². The number of benzene rings is 1. The van der Waals surface area contributed by atoms with E-state index in [-0.39, 0.29) is 12.6 Å². The van der Waals surface area contributed by atoms with E-state index in [4.69, 9.17) is 15.9 Å². The first-order valence-corrected chi connectivity index (χ1v) is 12.9. The van der Waals surface area contributed by atoms with Crippen molar-refractivity contribution in [3.05, 3.63) is 48.3 Å². The Labute approximate surface area is 215 Å². The maximum Gasteiger partial charge on any atom is 0.341 e. The number of hydrogen-bond acceptors (Lipinski definition) is 7. The Morgan fingerprint density at radius 2 is 2.11 bits per heavy atom. The number of thiazole rings is 1. The van der Waals surface area contributed by atoms with Gasteiger partial charge in [0.25, 0.3) is 0 Å². The number of esters is 1. The van der Waals surface area contributed by atoms with Crippen LogP contribution in [-0.2, 0) is 4.74 Å². The van der Waals surface area contributed by atoms with E-state index in [0.29, 0.717) is 17.3 Å².